The number of pyridine rings is 1. The lowest BCUT2D eigenvalue weighted by Gasteiger charge is -2.40. The van der Waals surface area contributed by atoms with Crippen LogP contribution < -0.4 is 10.2 Å². The number of H-pyrrole nitrogens is 1. The molecule has 0 saturated carbocycles. The van der Waals surface area contributed by atoms with Crippen LogP contribution in [0.1, 0.15) is 5.69 Å². The first kappa shape index (κ1) is 23.1. The van der Waals surface area contributed by atoms with Crippen molar-refractivity contribution in [2.45, 2.75) is 11.8 Å². The Kier molecular flexibility index (Phi) is 4.89. The van der Waals surface area contributed by atoms with Crippen LogP contribution in [0.3, 0.4) is 0 Å². The van der Waals surface area contributed by atoms with Gasteiger partial charge in [0.15, 0.2) is 5.43 Å². The van der Waals surface area contributed by atoms with Gasteiger partial charge in [0, 0.05) is 22.7 Å². The molecule has 1 heterocycles. The van der Waals surface area contributed by atoms with Gasteiger partial charge in [0.2, 0.25) is 0 Å². The van der Waals surface area contributed by atoms with Gasteiger partial charge in [-0.25, -0.2) is 0 Å². The molecule has 33 heavy (non-hydrogen) atoms. The molecule has 1 N–H and O–H groups in total. The minimum Gasteiger partial charge on any atom is -0.495 e. The fraction of sp³-hybridized carbons (Fsp3) is 0.0870. The van der Waals surface area contributed by atoms with E-state index in [1.807, 2.05) is 0 Å². The largest absolute Gasteiger partial charge is 0.495 e. The number of aromatic amines is 1. The Morgan fingerprint density at radius 1 is 0.848 bits per heavy atom. The van der Waals surface area contributed by atoms with E-state index in [-0.39, 0.29) is 10.5 Å². The molecule has 0 amide bonds. The number of nitrogens with one attached hydrogen (secondary N) is 1. The Hall–Kier alpha value is -3.04. The van der Waals surface area contributed by atoms with Gasteiger partial charge in [-0.2, -0.15) is 0 Å². The van der Waals surface area contributed by atoms with Gasteiger partial charge in [0.25, 0.3) is 0 Å². The van der Waals surface area contributed by atoms with Crippen molar-refractivity contribution >= 4 is 32.7 Å². The molecule has 0 unspecified atom stereocenters. The van der Waals surface area contributed by atoms with Crippen molar-refractivity contribution in [1.82, 2.24) is 4.98 Å². The van der Waals surface area contributed by atoms with E-state index in [9.17, 15) is 24.2 Å². The van der Waals surface area contributed by atoms with Gasteiger partial charge in [-0.05, 0) is 41.8 Å². The molecule has 0 bridgehead atoms. The van der Waals surface area contributed by atoms with Crippen LogP contribution in [0.5, 0.6) is 5.75 Å². The van der Waals surface area contributed by atoms with Gasteiger partial charge < -0.3 is 9.72 Å². The lowest BCUT2D eigenvalue weighted by Crippen LogP contribution is -2.10. The first-order chi connectivity index (χ1) is 15.2. The van der Waals surface area contributed by atoms with E-state index in [1.165, 1.54) is 13.2 Å². The van der Waals surface area contributed by atoms with Crippen molar-refractivity contribution in [2.24, 2.45) is 0 Å². The third-order valence-corrected chi connectivity index (χ3v) is 6.73. The molecule has 4 aromatic rings. The van der Waals surface area contributed by atoms with Crippen LogP contribution in [-0.4, -0.2) is 12.1 Å². The van der Waals surface area contributed by atoms with Gasteiger partial charge >= 0.3 is 10.2 Å². The van der Waals surface area contributed by atoms with Crippen LogP contribution >= 0.6 is 21.8 Å². The maximum Gasteiger partial charge on any atom is 0.310 e. The van der Waals surface area contributed by atoms with Crippen molar-refractivity contribution in [2.75, 3.05) is 7.11 Å². The summed E-state index contributed by atoms with van der Waals surface area (Å²) in [6, 6.07) is 12.4. The fourth-order valence-electron chi connectivity index (χ4n) is 3.65. The third kappa shape index (κ3) is 4.43. The molecule has 0 aliphatic rings. The SMILES string of the molecule is COc1cc2[nH]c(C)c(-c3ccc(-c4ccc(S(F)(F)(F)(F)F)cc4)cc3)c(=O)c2cc1Cl. The predicted molar refractivity (Wildman–Crippen MR) is 123 cm³/mol. The van der Waals surface area contributed by atoms with Crippen LogP contribution in [0, 0.1) is 6.92 Å². The monoisotopic (exact) mass is 501 g/mol. The Bertz CT molecular complexity index is 1450. The van der Waals surface area contributed by atoms with E-state index in [0.717, 1.165) is 12.1 Å². The third-order valence-electron chi connectivity index (χ3n) is 5.27. The van der Waals surface area contributed by atoms with E-state index in [2.05, 4.69) is 4.98 Å². The molecule has 4 rings (SSSR count). The van der Waals surface area contributed by atoms with Gasteiger partial charge in [-0.3, -0.25) is 4.79 Å². The van der Waals surface area contributed by atoms with Crippen molar-refractivity contribution in [1.29, 1.82) is 0 Å². The van der Waals surface area contributed by atoms with E-state index in [0.29, 0.717) is 56.7 Å². The zero-order valence-corrected chi connectivity index (χ0v) is 18.8. The Morgan fingerprint density at radius 3 is 1.88 bits per heavy atom. The summed E-state index contributed by atoms with van der Waals surface area (Å²) in [5.41, 5.74) is 2.73. The van der Waals surface area contributed by atoms with Crippen molar-refractivity contribution in [3.63, 3.8) is 0 Å². The van der Waals surface area contributed by atoms with Crippen LogP contribution in [-0.2, 0) is 0 Å². The van der Waals surface area contributed by atoms with Crippen molar-refractivity contribution in [3.05, 3.63) is 81.6 Å². The number of aryl methyl sites for hydroxylation is 1. The Morgan fingerprint density at radius 2 is 1.36 bits per heavy atom. The smallest absolute Gasteiger partial charge is 0.310 e. The van der Waals surface area contributed by atoms with Crippen molar-refractivity contribution < 1.29 is 24.2 Å². The van der Waals surface area contributed by atoms with Gasteiger partial charge in [0.05, 0.1) is 17.6 Å². The van der Waals surface area contributed by atoms with Crippen LogP contribution in [0.15, 0.2) is 70.4 Å². The topological polar surface area (TPSA) is 42.1 Å². The van der Waals surface area contributed by atoms with E-state index < -0.39 is 15.1 Å². The zero-order valence-electron chi connectivity index (χ0n) is 17.3. The van der Waals surface area contributed by atoms with E-state index >= 15 is 0 Å². The number of methoxy groups -OCH3 is 1. The average molecular weight is 502 g/mol. The van der Waals surface area contributed by atoms with E-state index in [4.69, 9.17) is 16.3 Å². The second kappa shape index (κ2) is 6.98. The number of hydrogen-bond acceptors (Lipinski definition) is 2. The molecule has 0 radical (unpaired) electrons. The predicted octanol–water partition coefficient (Wildman–Crippen LogP) is 8.49. The highest BCUT2D eigenvalue weighted by Gasteiger charge is 2.65. The quantitative estimate of drug-likeness (QED) is 0.285. The Balaban J connectivity index is 1.74. The summed E-state index contributed by atoms with van der Waals surface area (Å²) < 4.78 is 69.8. The number of hydrogen-bond donors (Lipinski definition) is 1. The molecule has 0 saturated heterocycles. The Labute approximate surface area is 190 Å². The van der Waals surface area contributed by atoms with E-state index in [1.54, 1.807) is 37.3 Å². The average Bonchev–Trinajstić information content (AvgIpc) is 2.73. The van der Waals surface area contributed by atoms with Crippen LogP contribution in [0.4, 0.5) is 19.4 Å². The van der Waals surface area contributed by atoms with Crippen molar-refractivity contribution in [3.8, 4) is 28.0 Å². The molecule has 174 valence electrons. The molecule has 0 fully saturated rings. The standard InChI is InChI=1S/C23H17ClF5NO2S/c1-13-22(23(31)18-11-19(24)21(32-2)12-20(18)30-13)16-5-3-14(4-6-16)15-7-9-17(10-8-15)33(25,26,27,28)29/h3-12H,1-2H3,(H,30,31). The number of ether oxygens (including phenoxy) is 1. The summed E-state index contributed by atoms with van der Waals surface area (Å²) in [4.78, 5) is 14.4. The summed E-state index contributed by atoms with van der Waals surface area (Å²) in [6.45, 7) is 1.74. The number of halogens is 6. The summed E-state index contributed by atoms with van der Waals surface area (Å²) in [5.74, 6) is 0.424. The molecule has 1 aromatic heterocycles. The van der Waals surface area contributed by atoms with Gasteiger partial charge in [-0.1, -0.05) is 67.4 Å². The first-order valence-electron chi connectivity index (χ1n) is 9.53. The number of benzene rings is 3. The molecular weight excluding hydrogens is 485 g/mol. The van der Waals surface area contributed by atoms with Crippen LogP contribution in [0.25, 0.3) is 33.2 Å². The van der Waals surface area contributed by atoms with Crippen LogP contribution in [0.2, 0.25) is 5.02 Å². The number of rotatable bonds is 4. The van der Waals surface area contributed by atoms with Gasteiger partial charge in [0.1, 0.15) is 10.6 Å². The fourth-order valence-corrected chi connectivity index (χ4v) is 4.54. The second-order valence-corrected chi connectivity index (χ2v) is 10.4. The normalized spacial score (nSPS) is 14.1. The highest BCUT2D eigenvalue weighted by Crippen LogP contribution is 3.02. The molecule has 0 aliphatic carbocycles. The second-order valence-electron chi connectivity index (χ2n) is 7.56. The molecule has 0 atom stereocenters. The minimum absolute atomic E-state index is 0.251. The highest BCUT2D eigenvalue weighted by molar-refractivity contribution is 8.45. The summed E-state index contributed by atoms with van der Waals surface area (Å²) >= 11 is 6.17. The molecule has 10 heteroatoms. The molecule has 3 aromatic carbocycles. The molecule has 0 spiro atoms. The lowest BCUT2D eigenvalue weighted by atomic mass is 9.98. The highest BCUT2D eigenvalue weighted by atomic mass is 35.5. The maximum atomic E-state index is 13.2. The maximum absolute atomic E-state index is 13.2. The first-order valence-corrected chi connectivity index (χ1v) is 11.9. The minimum atomic E-state index is -9.72. The number of fused-ring (bicyclic) bond motifs is 1. The summed E-state index contributed by atoms with van der Waals surface area (Å²) in [6.07, 6.45) is 0. The summed E-state index contributed by atoms with van der Waals surface area (Å²) in [7, 11) is -8.25. The lowest BCUT2D eigenvalue weighted by molar-refractivity contribution is 0.364. The molecule has 3 nitrogen and oxygen atoms in total. The summed E-state index contributed by atoms with van der Waals surface area (Å²) in [5, 5.41) is 0.660. The zero-order chi connectivity index (χ0) is 24.2. The van der Waals surface area contributed by atoms with Gasteiger partial charge in [-0.15, -0.1) is 0 Å². The number of aromatic nitrogens is 1. The molecule has 0 aliphatic heterocycles. The molecular formula is C23H17ClF5NO2S.